The minimum Gasteiger partial charge on any atom is -0.478 e. The fourth-order valence-electron chi connectivity index (χ4n) is 2.96. The lowest BCUT2D eigenvalue weighted by atomic mass is 9.92. The summed E-state index contributed by atoms with van der Waals surface area (Å²) in [6, 6.07) is 7.83. The SMILES string of the molecule is O=C(O)c1ccc2cc3ccc(C(=O)O)c(C(=O)O)c3cc2c1C(=O)O. The Morgan fingerprint density at radius 3 is 1.23 bits per heavy atom. The van der Waals surface area contributed by atoms with Crippen LogP contribution >= 0.6 is 0 Å². The van der Waals surface area contributed by atoms with E-state index in [2.05, 4.69) is 0 Å². The number of rotatable bonds is 4. The van der Waals surface area contributed by atoms with Crippen molar-refractivity contribution in [2.45, 2.75) is 0 Å². The van der Waals surface area contributed by atoms with Crippen LogP contribution in [-0.4, -0.2) is 44.3 Å². The van der Waals surface area contributed by atoms with Gasteiger partial charge in [-0.2, -0.15) is 0 Å². The largest absolute Gasteiger partial charge is 0.478 e. The van der Waals surface area contributed by atoms with Gasteiger partial charge in [0.15, 0.2) is 0 Å². The van der Waals surface area contributed by atoms with Gasteiger partial charge >= 0.3 is 23.9 Å². The highest BCUT2D eigenvalue weighted by molar-refractivity contribution is 6.18. The maximum absolute atomic E-state index is 11.6. The molecule has 0 bridgehead atoms. The summed E-state index contributed by atoms with van der Waals surface area (Å²) >= 11 is 0. The number of aromatic carboxylic acids is 4. The van der Waals surface area contributed by atoms with Crippen molar-refractivity contribution in [3.05, 3.63) is 58.7 Å². The van der Waals surface area contributed by atoms with Gasteiger partial charge in [-0.15, -0.1) is 0 Å². The lowest BCUT2D eigenvalue weighted by molar-refractivity contribution is 0.0653. The Labute approximate surface area is 144 Å². The number of carboxylic acids is 4. The second-order valence-corrected chi connectivity index (χ2v) is 5.49. The molecule has 3 aromatic carbocycles. The summed E-state index contributed by atoms with van der Waals surface area (Å²) in [5, 5.41) is 38.1. The zero-order valence-corrected chi connectivity index (χ0v) is 12.9. The van der Waals surface area contributed by atoms with Gasteiger partial charge in [0.05, 0.1) is 22.3 Å². The van der Waals surface area contributed by atoms with Gasteiger partial charge in [0.2, 0.25) is 0 Å². The van der Waals surface area contributed by atoms with Crippen LogP contribution in [-0.2, 0) is 0 Å². The van der Waals surface area contributed by atoms with Crippen LogP contribution in [0.15, 0.2) is 36.4 Å². The van der Waals surface area contributed by atoms with Crippen molar-refractivity contribution < 1.29 is 39.6 Å². The van der Waals surface area contributed by atoms with Gasteiger partial charge in [0.1, 0.15) is 0 Å². The van der Waals surface area contributed by atoms with E-state index in [0.29, 0.717) is 10.8 Å². The molecule has 26 heavy (non-hydrogen) atoms. The molecule has 130 valence electrons. The molecule has 4 N–H and O–H groups in total. The quantitative estimate of drug-likeness (QED) is 0.522. The average molecular weight is 354 g/mol. The lowest BCUT2D eigenvalue weighted by Crippen LogP contribution is -2.10. The van der Waals surface area contributed by atoms with Crippen LogP contribution < -0.4 is 0 Å². The van der Waals surface area contributed by atoms with E-state index in [9.17, 15) is 39.6 Å². The monoisotopic (exact) mass is 354 g/mol. The predicted molar refractivity (Wildman–Crippen MR) is 89.3 cm³/mol. The van der Waals surface area contributed by atoms with E-state index in [4.69, 9.17) is 0 Å². The standard InChI is InChI=1S/C18H10O8/c19-15(20)9-3-1-7-5-8-2-4-10(16(21)22)14(18(25)26)12(8)6-11(7)13(9)17(23)24/h1-6H,(H,19,20)(H,21,22)(H,23,24)(H,25,26). The molecule has 8 nitrogen and oxygen atoms in total. The van der Waals surface area contributed by atoms with Crippen molar-refractivity contribution in [1.82, 2.24) is 0 Å². The molecule has 0 aliphatic rings. The third kappa shape index (κ3) is 2.49. The molecule has 3 rings (SSSR count). The van der Waals surface area contributed by atoms with Crippen LogP contribution in [0.2, 0.25) is 0 Å². The van der Waals surface area contributed by atoms with Gasteiger partial charge in [-0.05, 0) is 45.8 Å². The summed E-state index contributed by atoms with van der Waals surface area (Å²) in [6.45, 7) is 0. The van der Waals surface area contributed by atoms with Crippen LogP contribution in [0.4, 0.5) is 0 Å². The van der Waals surface area contributed by atoms with E-state index in [1.165, 1.54) is 24.3 Å². The highest BCUT2D eigenvalue weighted by Gasteiger charge is 2.23. The zero-order chi connectivity index (χ0) is 19.2. The van der Waals surface area contributed by atoms with Crippen molar-refractivity contribution in [2.24, 2.45) is 0 Å². The predicted octanol–water partition coefficient (Wildman–Crippen LogP) is 2.79. The Kier molecular flexibility index (Phi) is 3.80. The maximum Gasteiger partial charge on any atom is 0.337 e. The Hall–Kier alpha value is -3.94. The van der Waals surface area contributed by atoms with E-state index >= 15 is 0 Å². The van der Waals surface area contributed by atoms with Crippen LogP contribution in [0, 0.1) is 0 Å². The Morgan fingerprint density at radius 2 is 0.923 bits per heavy atom. The van der Waals surface area contributed by atoms with E-state index in [0.717, 1.165) is 12.1 Å². The first-order valence-electron chi connectivity index (χ1n) is 7.19. The van der Waals surface area contributed by atoms with E-state index in [-0.39, 0.29) is 10.8 Å². The Morgan fingerprint density at radius 1 is 0.538 bits per heavy atom. The van der Waals surface area contributed by atoms with Gasteiger partial charge in [0, 0.05) is 0 Å². The van der Waals surface area contributed by atoms with Gasteiger partial charge in [-0.25, -0.2) is 19.2 Å². The second kappa shape index (κ2) is 5.85. The topological polar surface area (TPSA) is 149 Å². The molecule has 0 aliphatic carbocycles. The lowest BCUT2D eigenvalue weighted by Gasteiger charge is -2.11. The van der Waals surface area contributed by atoms with Crippen LogP contribution in [0.25, 0.3) is 21.5 Å². The summed E-state index contributed by atoms with van der Waals surface area (Å²) < 4.78 is 0. The van der Waals surface area contributed by atoms with Crippen molar-refractivity contribution in [2.75, 3.05) is 0 Å². The Balaban J connectivity index is 2.55. The molecule has 0 radical (unpaired) electrons. The normalized spacial score (nSPS) is 10.8. The van der Waals surface area contributed by atoms with Crippen LogP contribution in [0.1, 0.15) is 41.4 Å². The Bertz CT molecular complexity index is 1060. The molecule has 0 amide bonds. The van der Waals surface area contributed by atoms with E-state index < -0.39 is 46.1 Å². The second-order valence-electron chi connectivity index (χ2n) is 5.49. The van der Waals surface area contributed by atoms with Gasteiger partial charge in [-0.3, -0.25) is 0 Å². The van der Waals surface area contributed by atoms with Crippen molar-refractivity contribution in [3.8, 4) is 0 Å². The molecule has 0 fully saturated rings. The summed E-state index contributed by atoms with van der Waals surface area (Å²) in [6.07, 6.45) is 0. The maximum atomic E-state index is 11.6. The van der Waals surface area contributed by atoms with Crippen molar-refractivity contribution in [1.29, 1.82) is 0 Å². The third-order valence-electron chi connectivity index (χ3n) is 4.05. The third-order valence-corrected chi connectivity index (χ3v) is 4.05. The van der Waals surface area contributed by atoms with Gasteiger partial charge in [-0.1, -0.05) is 12.1 Å². The molecule has 0 saturated carbocycles. The fourth-order valence-corrected chi connectivity index (χ4v) is 2.96. The molecule has 0 aliphatic heterocycles. The van der Waals surface area contributed by atoms with Crippen molar-refractivity contribution in [3.63, 3.8) is 0 Å². The summed E-state index contributed by atoms with van der Waals surface area (Å²) in [5.41, 5.74) is -1.88. The summed E-state index contributed by atoms with van der Waals surface area (Å²) in [4.78, 5) is 45.8. The van der Waals surface area contributed by atoms with Crippen LogP contribution in [0.5, 0.6) is 0 Å². The average Bonchev–Trinajstić information content (AvgIpc) is 2.56. The van der Waals surface area contributed by atoms with Crippen LogP contribution in [0.3, 0.4) is 0 Å². The molecular formula is C18H10O8. The fraction of sp³-hybridized carbons (Fsp3) is 0. The minimum atomic E-state index is -1.49. The van der Waals surface area contributed by atoms with E-state index in [1.54, 1.807) is 0 Å². The summed E-state index contributed by atoms with van der Waals surface area (Å²) in [7, 11) is 0. The highest BCUT2D eigenvalue weighted by atomic mass is 16.4. The minimum absolute atomic E-state index is 0.00920. The molecule has 0 saturated heterocycles. The first-order valence-corrected chi connectivity index (χ1v) is 7.19. The van der Waals surface area contributed by atoms with Crippen molar-refractivity contribution >= 4 is 45.4 Å². The highest BCUT2D eigenvalue weighted by Crippen LogP contribution is 2.31. The molecular weight excluding hydrogens is 344 g/mol. The number of fused-ring (bicyclic) bond motifs is 2. The number of carboxylic acid groups (broad SMARTS) is 4. The molecule has 0 atom stereocenters. The smallest absolute Gasteiger partial charge is 0.337 e. The first-order chi connectivity index (χ1) is 12.2. The number of hydrogen-bond donors (Lipinski definition) is 4. The van der Waals surface area contributed by atoms with Gasteiger partial charge in [0.25, 0.3) is 0 Å². The first kappa shape index (κ1) is 16.9. The molecule has 3 aromatic rings. The molecule has 8 heteroatoms. The summed E-state index contributed by atoms with van der Waals surface area (Å²) in [5.74, 6) is -5.86. The molecule has 0 heterocycles. The molecule has 0 unspecified atom stereocenters. The number of benzene rings is 3. The number of carbonyl (C=O) groups is 4. The number of hydrogen-bond acceptors (Lipinski definition) is 4. The zero-order valence-electron chi connectivity index (χ0n) is 12.9. The van der Waals surface area contributed by atoms with Gasteiger partial charge < -0.3 is 20.4 Å². The van der Waals surface area contributed by atoms with E-state index in [1.807, 2.05) is 0 Å². The molecule has 0 aromatic heterocycles. The molecule has 0 spiro atoms.